The van der Waals surface area contributed by atoms with Gasteiger partial charge < -0.3 is 36.2 Å². The Balaban J connectivity index is -0.000000211. The molecule has 1 aromatic carbocycles. The van der Waals surface area contributed by atoms with E-state index in [0.717, 1.165) is 6.07 Å². The maximum atomic E-state index is 10.4. The SMILES string of the molecule is Cc1cc(C(=O)[O-])cc(C(=O)[O-])c1.O.O.O.[Cu+2]. The van der Waals surface area contributed by atoms with Crippen molar-refractivity contribution in [3.63, 3.8) is 0 Å². The first kappa shape index (κ1) is 24.7. The molecular formula is C9H12CuO7. The van der Waals surface area contributed by atoms with E-state index >= 15 is 0 Å². The van der Waals surface area contributed by atoms with E-state index in [9.17, 15) is 19.8 Å². The predicted molar refractivity (Wildman–Crippen MR) is 50.7 cm³/mol. The third kappa shape index (κ3) is 6.67. The molecule has 7 nitrogen and oxygen atoms in total. The van der Waals surface area contributed by atoms with Gasteiger partial charge in [-0.1, -0.05) is 12.1 Å². The van der Waals surface area contributed by atoms with E-state index in [2.05, 4.69) is 0 Å². The van der Waals surface area contributed by atoms with Crippen molar-refractivity contribution in [1.29, 1.82) is 0 Å². The van der Waals surface area contributed by atoms with Crippen LogP contribution in [0.4, 0.5) is 0 Å². The van der Waals surface area contributed by atoms with Gasteiger partial charge in [0.05, 0.1) is 11.9 Å². The summed E-state index contributed by atoms with van der Waals surface area (Å²) in [5.74, 6) is -2.79. The number of carboxylic acids is 2. The summed E-state index contributed by atoms with van der Waals surface area (Å²) in [4.78, 5) is 20.8. The summed E-state index contributed by atoms with van der Waals surface area (Å²) in [6, 6.07) is 3.68. The van der Waals surface area contributed by atoms with Gasteiger partial charge >= 0.3 is 17.1 Å². The van der Waals surface area contributed by atoms with Crippen LogP contribution in [0.1, 0.15) is 26.3 Å². The molecule has 0 fully saturated rings. The Morgan fingerprint density at radius 3 is 1.41 bits per heavy atom. The third-order valence-corrected chi connectivity index (χ3v) is 1.55. The fourth-order valence-corrected chi connectivity index (χ4v) is 1.02. The van der Waals surface area contributed by atoms with Gasteiger partial charge in [-0.3, -0.25) is 0 Å². The van der Waals surface area contributed by atoms with Crippen molar-refractivity contribution in [2.45, 2.75) is 6.92 Å². The Bertz CT molecular complexity index is 345. The Morgan fingerprint density at radius 2 is 1.18 bits per heavy atom. The molecule has 0 saturated carbocycles. The first-order chi connectivity index (χ1) is 6.00. The van der Waals surface area contributed by atoms with Crippen LogP contribution in [0, 0.1) is 6.92 Å². The van der Waals surface area contributed by atoms with Crippen LogP contribution in [-0.2, 0) is 17.1 Å². The molecule has 0 saturated heterocycles. The van der Waals surface area contributed by atoms with Gasteiger partial charge in [0.1, 0.15) is 0 Å². The van der Waals surface area contributed by atoms with Gasteiger partial charge in [0.15, 0.2) is 0 Å². The van der Waals surface area contributed by atoms with Crippen LogP contribution in [0.5, 0.6) is 0 Å². The number of carbonyl (C=O) groups is 2. The van der Waals surface area contributed by atoms with Crippen molar-refractivity contribution < 1.29 is 53.3 Å². The van der Waals surface area contributed by atoms with Crippen LogP contribution in [0.2, 0.25) is 0 Å². The van der Waals surface area contributed by atoms with E-state index in [0.29, 0.717) is 5.56 Å². The van der Waals surface area contributed by atoms with Crippen LogP contribution in [0.3, 0.4) is 0 Å². The van der Waals surface area contributed by atoms with Gasteiger partial charge in [-0.2, -0.15) is 0 Å². The number of aryl methyl sites for hydroxylation is 1. The number of hydrogen-bond acceptors (Lipinski definition) is 4. The van der Waals surface area contributed by atoms with Crippen LogP contribution < -0.4 is 10.2 Å². The van der Waals surface area contributed by atoms with Crippen LogP contribution in [0.25, 0.3) is 0 Å². The molecular weight excluding hydrogens is 284 g/mol. The molecule has 0 unspecified atom stereocenters. The van der Waals surface area contributed by atoms with Crippen LogP contribution >= 0.6 is 0 Å². The number of hydrogen-bond donors (Lipinski definition) is 0. The predicted octanol–water partition coefficient (Wildman–Crippen LogP) is -3.75. The summed E-state index contributed by atoms with van der Waals surface area (Å²) in [6.45, 7) is 1.60. The van der Waals surface area contributed by atoms with E-state index in [4.69, 9.17) is 0 Å². The van der Waals surface area contributed by atoms with Gasteiger partial charge in [-0.25, -0.2) is 0 Å². The zero-order valence-electron chi connectivity index (χ0n) is 8.67. The maximum Gasteiger partial charge on any atom is 2.00 e. The smallest absolute Gasteiger partial charge is 0.545 e. The Hall–Kier alpha value is -1.44. The van der Waals surface area contributed by atoms with Crippen LogP contribution in [0.15, 0.2) is 18.2 Å². The Kier molecular flexibility index (Phi) is 14.2. The second-order valence-electron chi connectivity index (χ2n) is 2.66. The summed E-state index contributed by atoms with van der Waals surface area (Å²) >= 11 is 0. The zero-order valence-corrected chi connectivity index (χ0v) is 9.61. The second kappa shape index (κ2) is 9.76. The van der Waals surface area contributed by atoms with E-state index in [1.165, 1.54) is 12.1 Å². The Morgan fingerprint density at radius 1 is 0.882 bits per heavy atom. The quantitative estimate of drug-likeness (QED) is 0.509. The van der Waals surface area contributed by atoms with Gasteiger partial charge in [-0.05, 0) is 29.7 Å². The van der Waals surface area contributed by atoms with E-state index < -0.39 is 11.9 Å². The first-order valence-electron chi connectivity index (χ1n) is 3.55. The van der Waals surface area contributed by atoms with Gasteiger partial charge in [-0.15, -0.1) is 0 Å². The number of carboxylic acid groups (broad SMARTS) is 2. The second-order valence-corrected chi connectivity index (χ2v) is 2.66. The van der Waals surface area contributed by atoms with E-state index in [-0.39, 0.29) is 44.6 Å². The fraction of sp³-hybridized carbons (Fsp3) is 0.111. The van der Waals surface area contributed by atoms with E-state index in [1.54, 1.807) is 6.92 Å². The fourth-order valence-electron chi connectivity index (χ4n) is 1.02. The summed E-state index contributed by atoms with van der Waals surface area (Å²) in [5, 5.41) is 20.8. The Labute approximate surface area is 107 Å². The first-order valence-corrected chi connectivity index (χ1v) is 3.55. The van der Waals surface area contributed by atoms with Gasteiger partial charge in [0.2, 0.25) is 0 Å². The standard InChI is InChI=1S/C9H8O4.Cu.3H2O/c1-5-2-6(8(10)11)4-7(3-5)9(12)13;;;;/h2-4H,1H3,(H,10,11)(H,12,13);;3*1H2/q;+2;;;/p-2. The normalized spacial score (nSPS) is 7.35. The number of aromatic carboxylic acids is 2. The van der Waals surface area contributed by atoms with Crippen molar-refractivity contribution >= 4 is 11.9 Å². The molecule has 6 N–H and O–H groups in total. The molecule has 8 heteroatoms. The summed E-state index contributed by atoms with van der Waals surface area (Å²) in [6.07, 6.45) is 0. The molecule has 0 amide bonds. The van der Waals surface area contributed by atoms with Crippen molar-refractivity contribution in [1.82, 2.24) is 0 Å². The van der Waals surface area contributed by atoms with E-state index in [1.807, 2.05) is 0 Å². The average Bonchev–Trinajstić information content (AvgIpc) is 2.03. The average molecular weight is 296 g/mol. The number of carbonyl (C=O) groups excluding carboxylic acids is 2. The molecule has 0 aliphatic heterocycles. The van der Waals surface area contributed by atoms with Crippen molar-refractivity contribution in [3.8, 4) is 0 Å². The number of benzene rings is 1. The number of rotatable bonds is 2. The molecule has 0 aliphatic carbocycles. The van der Waals surface area contributed by atoms with Crippen LogP contribution in [-0.4, -0.2) is 28.4 Å². The monoisotopic (exact) mass is 295 g/mol. The minimum absolute atomic E-state index is 0. The zero-order chi connectivity index (χ0) is 10.0. The molecule has 0 aliphatic rings. The molecule has 0 atom stereocenters. The van der Waals surface area contributed by atoms with Gasteiger partial charge in [0, 0.05) is 0 Å². The van der Waals surface area contributed by atoms with Crippen molar-refractivity contribution in [2.24, 2.45) is 0 Å². The topological polar surface area (TPSA) is 175 Å². The minimum atomic E-state index is -1.40. The summed E-state index contributed by atoms with van der Waals surface area (Å²) in [5.41, 5.74) is 0.235. The molecule has 0 aromatic heterocycles. The molecule has 0 spiro atoms. The maximum absolute atomic E-state index is 10.4. The molecule has 0 heterocycles. The molecule has 1 aromatic rings. The molecule has 0 bridgehead atoms. The molecule has 101 valence electrons. The molecule has 1 radical (unpaired) electrons. The van der Waals surface area contributed by atoms with Gasteiger partial charge in [0.25, 0.3) is 0 Å². The summed E-state index contributed by atoms with van der Waals surface area (Å²) in [7, 11) is 0. The van der Waals surface area contributed by atoms with Crippen molar-refractivity contribution in [2.75, 3.05) is 0 Å². The molecule has 17 heavy (non-hydrogen) atoms. The minimum Gasteiger partial charge on any atom is -0.545 e. The largest absolute Gasteiger partial charge is 2.00 e. The third-order valence-electron chi connectivity index (χ3n) is 1.55. The molecule has 1 rings (SSSR count). The summed E-state index contributed by atoms with van der Waals surface area (Å²) < 4.78 is 0. The van der Waals surface area contributed by atoms with Crippen molar-refractivity contribution in [3.05, 3.63) is 34.9 Å².